The summed E-state index contributed by atoms with van der Waals surface area (Å²) in [6.07, 6.45) is 0. The lowest BCUT2D eigenvalue weighted by Crippen LogP contribution is -2.23. The van der Waals surface area contributed by atoms with Crippen molar-refractivity contribution in [1.29, 1.82) is 0 Å². The van der Waals surface area contributed by atoms with Gasteiger partial charge in [-0.2, -0.15) is 0 Å². The van der Waals surface area contributed by atoms with Gasteiger partial charge < -0.3 is 10.6 Å². The quantitative estimate of drug-likeness (QED) is 0.491. The van der Waals surface area contributed by atoms with E-state index in [1.807, 2.05) is 11.9 Å². The first-order valence-corrected chi connectivity index (χ1v) is 4.89. The fourth-order valence-electron chi connectivity index (χ4n) is 1.69. The van der Waals surface area contributed by atoms with E-state index in [1.165, 1.54) is 6.07 Å². The SMILES string of the molecule is CN1CCN=C1c1ccc(N)c([N+](=O)[O-])c1.Cl. The minimum absolute atomic E-state index is 0. The molecule has 0 fully saturated rings. The number of nitro groups is 1. The maximum absolute atomic E-state index is 10.7. The van der Waals surface area contributed by atoms with Crippen molar-refractivity contribution >= 4 is 29.6 Å². The number of halogens is 1. The van der Waals surface area contributed by atoms with Gasteiger partial charge in [0.05, 0.1) is 11.5 Å². The minimum atomic E-state index is -0.478. The molecule has 0 spiro atoms. The highest BCUT2D eigenvalue weighted by molar-refractivity contribution is 6.00. The Bertz CT molecular complexity index is 475. The van der Waals surface area contributed by atoms with Crippen molar-refractivity contribution in [3.8, 4) is 0 Å². The number of anilines is 1. The smallest absolute Gasteiger partial charge is 0.292 e. The first kappa shape index (κ1) is 13.2. The molecule has 92 valence electrons. The molecule has 1 heterocycles. The predicted octanol–water partition coefficient (Wildman–Crippen LogP) is 1.29. The Morgan fingerprint density at radius 2 is 2.24 bits per heavy atom. The highest BCUT2D eigenvalue weighted by atomic mass is 35.5. The van der Waals surface area contributed by atoms with E-state index in [0.29, 0.717) is 0 Å². The topological polar surface area (TPSA) is 84.8 Å². The third-order valence-electron chi connectivity index (χ3n) is 2.54. The fraction of sp³-hybridized carbons (Fsp3) is 0.300. The molecule has 1 aliphatic rings. The fourth-order valence-corrected chi connectivity index (χ4v) is 1.69. The molecule has 1 aliphatic heterocycles. The van der Waals surface area contributed by atoms with Crippen molar-refractivity contribution in [3.63, 3.8) is 0 Å². The average molecular weight is 257 g/mol. The summed E-state index contributed by atoms with van der Waals surface area (Å²) in [7, 11) is 1.91. The molecule has 0 atom stereocenters. The van der Waals surface area contributed by atoms with Gasteiger partial charge in [-0.1, -0.05) is 0 Å². The second-order valence-corrected chi connectivity index (χ2v) is 3.66. The van der Waals surface area contributed by atoms with Crippen LogP contribution in [0.15, 0.2) is 23.2 Å². The first-order chi connectivity index (χ1) is 7.59. The predicted molar refractivity (Wildman–Crippen MR) is 68.8 cm³/mol. The van der Waals surface area contributed by atoms with E-state index in [9.17, 15) is 10.1 Å². The lowest BCUT2D eigenvalue weighted by molar-refractivity contribution is -0.383. The van der Waals surface area contributed by atoms with Crippen LogP contribution in [-0.2, 0) is 0 Å². The Morgan fingerprint density at radius 1 is 1.53 bits per heavy atom. The van der Waals surface area contributed by atoms with E-state index < -0.39 is 4.92 Å². The number of nitro benzene ring substituents is 1. The third kappa shape index (κ3) is 2.47. The molecule has 6 nitrogen and oxygen atoms in total. The molecule has 0 saturated carbocycles. The van der Waals surface area contributed by atoms with Gasteiger partial charge in [-0.3, -0.25) is 15.1 Å². The number of likely N-dealkylation sites (N-methyl/N-ethyl adjacent to an activating group) is 1. The van der Waals surface area contributed by atoms with Gasteiger partial charge in [-0.15, -0.1) is 12.4 Å². The molecule has 17 heavy (non-hydrogen) atoms. The standard InChI is InChI=1S/C10H12N4O2.ClH/c1-13-5-4-12-10(13)7-2-3-8(11)9(6-7)14(15)16;/h2-3,6H,4-5,11H2,1H3;1H. The van der Waals surface area contributed by atoms with Gasteiger partial charge in [0.15, 0.2) is 0 Å². The van der Waals surface area contributed by atoms with E-state index in [4.69, 9.17) is 5.73 Å². The van der Waals surface area contributed by atoms with Crippen molar-refractivity contribution in [2.45, 2.75) is 0 Å². The summed E-state index contributed by atoms with van der Waals surface area (Å²) in [5.74, 6) is 0.781. The van der Waals surface area contributed by atoms with Gasteiger partial charge in [0, 0.05) is 25.2 Å². The second kappa shape index (κ2) is 5.01. The van der Waals surface area contributed by atoms with Crippen molar-refractivity contribution < 1.29 is 4.92 Å². The summed E-state index contributed by atoms with van der Waals surface area (Å²) in [6, 6.07) is 4.76. The number of nitrogen functional groups attached to an aromatic ring is 1. The van der Waals surface area contributed by atoms with E-state index in [-0.39, 0.29) is 23.8 Å². The summed E-state index contributed by atoms with van der Waals surface area (Å²) in [4.78, 5) is 16.5. The van der Waals surface area contributed by atoms with Crippen LogP contribution >= 0.6 is 12.4 Å². The van der Waals surface area contributed by atoms with E-state index in [1.54, 1.807) is 12.1 Å². The van der Waals surface area contributed by atoms with Crippen molar-refractivity contribution in [1.82, 2.24) is 4.90 Å². The lowest BCUT2D eigenvalue weighted by Gasteiger charge is -2.13. The lowest BCUT2D eigenvalue weighted by atomic mass is 10.1. The summed E-state index contributed by atoms with van der Waals surface area (Å²) < 4.78 is 0. The van der Waals surface area contributed by atoms with Gasteiger partial charge in [0.2, 0.25) is 0 Å². The van der Waals surface area contributed by atoms with Crippen molar-refractivity contribution in [2.75, 3.05) is 25.9 Å². The molecule has 0 aliphatic carbocycles. The van der Waals surface area contributed by atoms with E-state index in [0.717, 1.165) is 24.5 Å². The van der Waals surface area contributed by atoms with Gasteiger partial charge in [-0.05, 0) is 12.1 Å². The van der Waals surface area contributed by atoms with E-state index in [2.05, 4.69) is 4.99 Å². The molecule has 2 rings (SSSR count). The monoisotopic (exact) mass is 256 g/mol. The molecule has 0 amide bonds. The number of hydrogen-bond donors (Lipinski definition) is 1. The van der Waals surface area contributed by atoms with Crippen LogP contribution in [0.1, 0.15) is 5.56 Å². The molecule has 1 aromatic rings. The Morgan fingerprint density at radius 3 is 2.76 bits per heavy atom. The molecule has 0 saturated heterocycles. The largest absolute Gasteiger partial charge is 0.393 e. The summed E-state index contributed by atoms with van der Waals surface area (Å²) in [5.41, 5.74) is 6.37. The molecular weight excluding hydrogens is 244 g/mol. The zero-order valence-electron chi connectivity index (χ0n) is 9.29. The van der Waals surface area contributed by atoms with E-state index >= 15 is 0 Å². The minimum Gasteiger partial charge on any atom is -0.393 e. The molecule has 7 heteroatoms. The molecule has 0 aromatic heterocycles. The summed E-state index contributed by atoms with van der Waals surface area (Å²) in [5, 5.41) is 10.7. The van der Waals surface area contributed by atoms with Crippen molar-refractivity contribution in [2.24, 2.45) is 4.99 Å². The van der Waals surface area contributed by atoms with Gasteiger partial charge in [-0.25, -0.2) is 0 Å². The van der Waals surface area contributed by atoms with Crippen LogP contribution in [0.3, 0.4) is 0 Å². The Labute approximate surface area is 105 Å². The maximum Gasteiger partial charge on any atom is 0.292 e. The molecule has 0 bridgehead atoms. The Hall–Kier alpha value is -1.82. The Kier molecular flexibility index (Phi) is 3.90. The maximum atomic E-state index is 10.7. The zero-order valence-corrected chi connectivity index (χ0v) is 10.1. The van der Waals surface area contributed by atoms with Crippen LogP contribution < -0.4 is 5.73 Å². The number of nitrogens with zero attached hydrogens (tertiary/aromatic N) is 3. The molecular formula is C10H13ClN4O2. The van der Waals surface area contributed by atoms with Crippen LogP contribution in [0.5, 0.6) is 0 Å². The van der Waals surface area contributed by atoms with Crippen LogP contribution in [0.2, 0.25) is 0 Å². The van der Waals surface area contributed by atoms with Gasteiger partial charge in [0.25, 0.3) is 5.69 Å². The number of nitrogens with two attached hydrogens (primary N) is 1. The number of rotatable bonds is 2. The molecule has 0 unspecified atom stereocenters. The number of amidine groups is 1. The normalized spacial score (nSPS) is 14.2. The summed E-state index contributed by atoms with van der Waals surface area (Å²) >= 11 is 0. The number of benzene rings is 1. The van der Waals surface area contributed by atoms with Gasteiger partial charge >= 0.3 is 0 Å². The van der Waals surface area contributed by atoms with Crippen LogP contribution in [0.4, 0.5) is 11.4 Å². The van der Waals surface area contributed by atoms with Crippen molar-refractivity contribution in [3.05, 3.63) is 33.9 Å². The second-order valence-electron chi connectivity index (χ2n) is 3.66. The van der Waals surface area contributed by atoms with Crippen LogP contribution in [-0.4, -0.2) is 35.8 Å². The van der Waals surface area contributed by atoms with Crippen LogP contribution in [0, 0.1) is 10.1 Å². The zero-order chi connectivity index (χ0) is 11.7. The highest BCUT2D eigenvalue weighted by Crippen LogP contribution is 2.23. The Balaban J connectivity index is 0.00000144. The first-order valence-electron chi connectivity index (χ1n) is 4.89. The summed E-state index contributed by atoms with van der Waals surface area (Å²) in [6.45, 7) is 1.57. The van der Waals surface area contributed by atoms with Crippen LogP contribution in [0.25, 0.3) is 0 Å². The third-order valence-corrected chi connectivity index (χ3v) is 2.54. The number of aliphatic imine (C=N–C) groups is 1. The highest BCUT2D eigenvalue weighted by Gasteiger charge is 2.19. The number of hydrogen-bond acceptors (Lipinski definition) is 5. The molecule has 0 radical (unpaired) electrons. The van der Waals surface area contributed by atoms with Gasteiger partial charge in [0.1, 0.15) is 11.5 Å². The molecule has 2 N–H and O–H groups in total. The molecule has 1 aromatic carbocycles. The average Bonchev–Trinajstić information content (AvgIpc) is 2.65.